The van der Waals surface area contributed by atoms with Crippen LogP contribution in [0.1, 0.15) is 51.2 Å². The first-order chi connectivity index (χ1) is 17.8. The number of benzene rings is 1. The molecule has 0 radical (unpaired) electrons. The summed E-state index contributed by atoms with van der Waals surface area (Å²) < 4.78 is 26.2. The molecule has 0 aliphatic carbocycles. The Balaban J connectivity index is 0.000000294. The number of esters is 1. The average molecular weight is 520 g/mol. The summed E-state index contributed by atoms with van der Waals surface area (Å²) in [6.45, 7) is 13.7. The van der Waals surface area contributed by atoms with Gasteiger partial charge in [-0.05, 0) is 52.7 Å². The molecule has 1 amide bonds. The molecular weight excluding hydrogens is 478 g/mol. The fourth-order valence-corrected chi connectivity index (χ4v) is 3.43. The van der Waals surface area contributed by atoms with Crippen LogP contribution in [0, 0.1) is 13.8 Å². The van der Waals surface area contributed by atoms with Crippen molar-refractivity contribution in [3.05, 3.63) is 29.3 Å². The monoisotopic (exact) mass is 519 g/mol. The van der Waals surface area contributed by atoms with Gasteiger partial charge in [0.25, 0.3) is 0 Å². The number of hydrogen-bond acceptors (Lipinski definition) is 9. The SMILES string of the molecule is CCOCCOC(=O)CC1=NCCO1.Cc1ccc(OCCCNC(=O)CC2=NC(C)C(C)O2)c(C)c1. The Bertz CT molecular complexity index is 933. The number of ether oxygens (including phenoxy) is 5. The van der Waals surface area contributed by atoms with Crippen LogP contribution in [0.3, 0.4) is 0 Å². The summed E-state index contributed by atoms with van der Waals surface area (Å²) in [7, 11) is 0. The molecule has 10 nitrogen and oxygen atoms in total. The highest BCUT2D eigenvalue weighted by Crippen LogP contribution is 2.18. The van der Waals surface area contributed by atoms with Gasteiger partial charge >= 0.3 is 5.97 Å². The molecule has 2 aliphatic rings. The zero-order chi connectivity index (χ0) is 27.0. The molecule has 0 saturated carbocycles. The molecule has 10 heteroatoms. The van der Waals surface area contributed by atoms with Crippen molar-refractivity contribution < 1.29 is 33.3 Å². The maximum absolute atomic E-state index is 11.8. The van der Waals surface area contributed by atoms with Crippen LogP contribution in [0.25, 0.3) is 0 Å². The molecule has 1 N–H and O–H groups in total. The number of hydrogen-bond donors (Lipinski definition) is 1. The lowest BCUT2D eigenvalue weighted by molar-refractivity contribution is -0.143. The Morgan fingerprint density at radius 3 is 2.57 bits per heavy atom. The van der Waals surface area contributed by atoms with Crippen LogP contribution in [0.4, 0.5) is 0 Å². The highest BCUT2D eigenvalue weighted by molar-refractivity contribution is 5.97. The van der Waals surface area contributed by atoms with Gasteiger partial charge in [-0.3, -0.25) is 14.6 Å². The number of aliphatic imine (C=N–C) groups is 2. The molecule has 1 aromatic rings. The summed E-state index contributed by atoms with van der Waals surface area (Å²) in [5, 5.41) is 2.87. The van der Waals surface area contributed by atoms with Gasteiger partial charge < -0.3 is 29.0 Å². The van der Waals surface area contributed by atoms with Crippen molar-refractivity contribution in [1.29, 1.82) is 0 Å². The number of nitrogens with zero attached hydrogens (tertiary/aromatic N) is 2. The molecule has 206 valence electrons. The van der Waals surface area contributed by atoms with Crippen molar-refractivity contribution in [3.63, 3.8) is 0 Å². The Hall–Kier alpha value is -3.14. The first-order valence-electron chi connectivity index (χ1n) is 12.9. The van der Waals surface area contributed by atoms with E-state index < -0.39 is 0 Å². The van der Waals surface area contributed by atoms with Crippen LogP contribution < -0.4 is 10.1 Å². The number of aryl methyl sites for hydroxylation is 2. The van der Waals surface area contributed by atoms with E-state index in [1.54, 1.807) is 0 Å². The normalized spacial score (nSPS) is 18.0. The van der Waals surface area contributed by atoms with Gasteiger partial charge in [-0.25, -0.2) is 4.99 Å². The molecule has 2 unspecified atom stereocenters. The van der Waals surface area contributed by atoms with E-state index in [1.165, 1.54) is 5.56 Å². The Morgan fingerprint density at radius 2 is 1.92 bits per heavy atom. The number of rotatable bonds is 13. The van der Waals surface area contributed by atoms with E-state index in [0.717, 1.165) is 17.7 Å². The van der Waals surface area contributed by atoms with Crippen molar-refractivity contribution in [1.82, 2.24) is 5.32 Å². The van der Waals surface area contributed by atoms with Gasteiger partial charge in [0, 0.05) is 13.2 Å². The lowest BCUT2D eigenvalue weighted by Gasteiger charge is -2.10. The fraction of sp³-hybridized carbons (Fsp3) is 0.630. The fourth-order valence-electron chi connectivity index (χ4n) is 3.43. The van der Waals surface area contributed by atoms with Crippen LogP contribution in [0.5, 0.6) is 5.75 Å². The summed E-state index contributed by atoms with van der Waals surface area (Å²) in [6.07, 6.45) is 1.17. The molecule has 0 spiro atoms. The smallest absolute Gasteiger partial charge is 0.315 e. The van der Waals surface area contributed by atoms with E-state index >= 15 is 0 Å². The minimum atomic E-state index is -0.314. The zero-order valence-electron chi connectivity index (χ0n) is 22.7. The number of carbonyl (C=O) groups is 2. The third-order valence-electron chi connectivity index (χ3n) is 5.53. The van der Waals surface area contributed by atoms with Crippen molar-refractivity contribution >= 4 is 23.7 Å². The van der Waals surface area contributed by atoms with Crippen molar-refractivity contribution in [3.8, 4) is 5.75 Å². The average Bonchev–Trinajstić information content (AvgIpc) is 3.47. The molecule has 2 aliphatic heterocycles. The van der Waals surface area contributed by atoms with Crippen molar-refractivity contribution in [2.24, 2.45) is 9.98 Å². The van der Waals surface area contributed by atoms with Gasteiger partial charge in [0.05, 0.1) is 25.8 Å². The highest BCUT2D eigenvalue weighted by atomic mass is 16.6. The van der Waals surface area contributed by atoms with E-state index in [-0.39, 0.29) is 36.9 Å². The van der Waals surface area contributed by atoms with Crippen molar-refractivity contribution in [2.45, 2.75) is 66.0 Å². The van der Waals surface area contributed by atoms with E-state index in [2.05, 4.69) is 28.3 Å². The van der Waals surface area contributed by atoms with E-state index in [0.29, 0.717) is 57.9 Å². The number of nitrogens with one attached hydrogen (secondary N) is 1. The second kappa shape index (κ2) is 16.6. The Kier molecular flexibility index (Phi) is 13.5. The standard InChI is InChI=1S/C18H26N2O3.C9H15NO4/c1-12-6-7-16(13(2)10-12)22-9-5-8-19-17(21)11-18-20-14(3)15(4)23-18;1-2-12-5-6-14-9(11)7-8-10-3-4-13-8/h6-7,10,14-15H,5,8-9,11H2,1-4H3,(H,19,21);2-7H2,1H3. The highest BCUT2D eigenvalue weighted by Gasteiger charge is 2.24. The molecule has 1 aromatic carbocycles. The first kappa shape index (κ1) is 30.1. The van der Waals surface area contributed by atoms with Crippen molar-refractivity contribution in [2.75, 3.05) is 46.1 Å². The topological polar surface area (TPSA) is 117 Å². The Morgan fingerprint density at radius 1 is 1.11 bits per heavy atom. The third kappa shape index (κ3) is 12.1. The van der Waals surface area contributed by atoms with Crippen LogP contribution in [0.15, 0.2) is 28.2 Å². The third-order valence-corrected chi connectivity index (χ3v) is 5.53. The summed E-state index contributed by atoms with van der Waals surface area (Å²) in [6, 6.07) is 6.25. The molecule has 0 aromatic heterocycles. The van der Waals surface area contributed by atoms with E-state index in [9.17, 15) is 9.59 Å². The van der Waals surface area contributed by atoms with Gasteiger partial charge in [-0.1, -0.05) is 17.7 Å². The van der Waals surface area contributed by atoms with Crippen LogP contribution >= 0.6 is 0 Å². The zero-order valence-corrected chi connectivity index (χ0v) is 22.7. The molecule has 0 fully saturated rings. The van der Waals surface area contributed by atoms with Crippen LogP contribution in [-0.4, -0.2) is 81.9 Å². The predicted molar refractivity (Wildman–Crippen MR) is 141 cm³/mol. The van der Waals surface area contributed by atoms with Crippen LogP contribution in [-0.2, 0) is 28.5 Å². The predicted octanol–water partition coefficient (Wildman–Crippen LogP) is 3.17. The molecule has 2 atom stereocenters. The molecule has 0 saturated heterocycles. The summed E-state index contributed by atoms with van der Waals surface area (Å²) in [5.41, 5.74) is 2.36. The van der Waals surface area contributed by atoms with Gasteiger partial charge in [0.2, 0.25) is 5.91 Å². The van der Waals surface area contributed by atoms with E-state index in [1.807, 2.05) is 39.8 Å². The lowest BCUT2D eigenvalue weighted by Crippen LogP contribution is -2.28. The first-order valence-corrected chi connectivity index (χ1v) is 12.9. The molecule has 2 heterocycles. The second-order valence-corrected chi connectivity index (χ2v) is 8.80. The number of carbonyl (C=O) groups excluding carboxylic acids is 2. The maximum Gasteiger partial charge on any atom is 0.315 e. The minimum absolute atomic E-state index is 0.0587. The maximum atomic E-state index is 11.8. The van der Waals surface area contributed by atoms with E-state index in [4.69, 9.17) is 23.7 Å². The molecular formula is C27H41N3O7. The van der Waals surface area contributed by atoms with Gasteiger partial charge in [-0.15, -0.1) is 0 Å². The summed E-state index contributed by atoms with van der Waals surface area (Å²) in [4.78, 5) is 31.2. The molecule has 3 rings (SSSR count). The second-order valence-electron chi connectivity index (χ2n) is 8.80. The largest absolute Gasteiger partial charge is 0.493 e. The molecule has 0 bridgehead atoms. The van der Waals surface area contributed by atoms with Crippen LogP contribution in [0.2, 0.25) is 0 Å². The lowest BCUT2D eigenvalue weighted by atomic mass is 10.1. The van der Waals surface area contributed by atoms with Gasteiger partial charge in [-0.2, -0.15) is 0 Å². The van der Waals surface area contributed by atoms with Gasteiger partial charge in [0.15, 0.2) is 11.8 Å². The number of amides is 1. The quantitative estimate of drug-likeness (QED) is 0.314. The summed E-state index contributed by atoms with van der Waals surface area (Å²) in [5.74, 6) is 1.54. The minimum Gasteiger partial charge on any atom is -0.493 e. The molecule has 37 heavy (non-hydrogen) atoms. The Labute approximate surface area is 219 Å². The van der Waals surface area contributed by atoms with Gasteiger partial charge in [0.1, 0.15) is 37.9 Å². The summed E-state index contributed by atoms with van der Waals surface area (Å²) >= 11 is 0.